The van der Waals surface area contributed by atoms with Gasteiger partial charge in [-0.2, -0.15) is 0 Å². The van der Waals surface area contributed by atoms with Crippen LogP contribution in [0.5, 0.6) is 0 Å². The third-order valence-electron chi connectivity index (χ3n) is 2.88. The summed E-state index contributed by atoms with van der Waals surface area (Å²) in [6, 6.07) is 3.66. The molecular formula is C14H16FN4OP. The highest BCUT2D eigenvalue weighted by Gasteiger charge is 2.07. The first-order valence-electron chi connectivity index (χ1n) is 6.36. The quantitative estimate of drug-likeness (QED) is 0.524. The van der Waals surface area contributed by atoms with Crippen molar-refractivity contribution in [3.8, 4) is 0 Å². The Morgan fingerprint density at radius 2 is 2.48 bits per heavy atom. The summed E-state index contributed by atoms with van der Waals surface area (Å²) in [5.41, 5.74) is 1.27. The molecule has 0 radical (unpaired) electrons. The fraction of sp³-hybridized carbons (Fsp3) is 0.214. The first-order valence-corrected chi connectivity index (χ1v) is 7.03. The first-order chi connectivity index (χ1) is 10.1. The van der Waals surface area contributed by atoms with Crippen LogP contribution in [0.3, 0.4) is 0 Å². The first kappa shape index (κ1) is 15.3. The molecule has 0 aliphatic heterocycles. The van der Waals surface area contributed by atoms with Gasteiger partial charge in [-0.25, -0.2) is 9.37 Å². The topological polar surface area (TPSA) is 59.3 Å². The average molecular weight is 306 g/mol. The highest BCUT2D eigenvalue weighted by Crippen LogP contribution is 2.13. The molecule has 0 spiro atoms. The third-order valence-corrected chi connectivity index (χ3v) is 3.05. The van der Waals surface area contributed by atoms with E-state index in [0.717, 1.165) is 11.0 Å². The molecule has 0 aliphatic carbocycles. The van der Waals surface area contributed by atoms with Crippen LogP contribution in [0, 0.1) is 0 Å². The molecule has 0 saturated heterocycles. The van der Waals surface area contributed by atoms with Crippen molar-refractivity contribution < 1.29 is 9.18 Å². The van der Waals surface area contributed by atoms with E-state index in [1.807, 2.05) is 23.9 Å². The van der Waals surface area contributed by atoms with Crippen molar-refractivity contribution in [3.05, 3.63) is 42.4 Å². The number of hydrogen-bond donors (Lipinski definition) is 1. The number of amides is 1. The number of aliphatic imine (C=N–C) groups is 1. The lowest BCUT2D eigenvalue weighted by Gasteiger charge is -2.01. The molecule has 2 aromatic rings. The number of carbonyl (C=O) groups is 1. The van der Waals surface area contributed by atoms with Gasteiger partial charge in [-0.1, -0.05) is 15.3 Å². The van der Waals surface area contributed by atoms with Crippen LogP contribution in [-0.2, 0) is 7.05 Å². The van der Waals surface area contributed by atoms with Crippen molar-refractivity contribution in [2.75, 3.05) is 0 Å². The Labute approximate surface area is 124 Å². The second kappa shape index (κ2) is 7.09. The Morgan fingerprint density at radius 1 is 1.67 bits per heavy atom. The standard InChI is InChI=1S/C14H16FN4OP/c1-19-6-4-10-7-11(8-17-13(10)19)14(20)16-5-2-3-12(15)18-9-21/h2,4-9,12H,3,21H2,1H3,(H,16,20)/b5-2+,18-9+. The van der Waals surface area contributed by atoms with E-state index in [1.54, 1.807) is 6.07 Å². The lowest BCUT2D eigenvalue weighted by Crippen LogP contribution is -2.17. The number of aromatic nitrogens is 2. The molecule has 0 aromatic carbocycles. The van der Waals surface area contributed by atoms with Gasteiger partial charge in [0.05, 0.1) is 5.56 Å². The molecule has 7 heteroatoms. The lowest BCUT2D eigenvalue weighted by atomic mass is 10.2. The molecule has 0 fully saturated rings. The van der Waals surface area contributed by atoms with Gasteiger partial charge in [-0.3, -0.25) is 9.79 Å². The molecule has 21 heavy (non-hydrogen) atoms. The van der Waals surface area contributed by atoms with Crippen LogP contribution in [0.15, 0.2) is 41.8 Å². The summed E-state index contributed by atoms with van der Waals surface area (Å²) in [5.74, 6) is 1.05. The van der Waals surface area contributed by atoms with E-state index < -0.39 is 6.30 Å². The zero-order valence-corrected chi connectivity index (χ0v) is 12.7. The minimum atomic E-state index is -1.29. The maximum Gasteiger partial charge on any atom is 0.256 e. The summed E-state index contributed by atoms with van der Waals surface area (Å²) in [4.78, 5) is 19.7. The molecule has 2 rings (SSSR count). The summed E-state index contributed by atoms with van der Waals surface area (Å²) in [5, 5.41) is 3.47. The Bertz CT molecular complexity index is 695. The summed E-state index contributed by atoms with van der Waals surface area (Å²) in [7, 11) is 4.10. The van der Waals surface area contributed by atoms with Crippen LogP contribution in [0.1, 0.15) is 16.8 Å². The molecule has 110 valence electrons. The van der Waals surface area contributed by atoms with Crippen molar-refractivity contribution in [2.24, 2.45) is 12.0 Å². The molecule has 1 N–H and O–H groups in total. The number of pyridine rings is 1. The Morgan fingerprint density at radius 3 is 3.24 bits per heavy atom. The molecule has 0 aliphatic rings. The number of carbonyl (C=O) groups excluding carboxylic acids is 1. The zero-order valence-electron chi connectivity index (χ0n) is 11.5. The molecule has 1 amide bonds. The van der Waals surface area contributed by atoms with Gasteiger partial charge >= 0.3 is 0 Å². The normalized spacial score (nSPS) is 13.3. The Balaban J connectivity index is 1.97. The molecule has 2 atom stereocenters. The van der Waals surface area contributed by atoms with Crippen molar-refractivity contribution in [1.82, 2.24) is 14.9 Å². The highest BCUT2D eigenvalue weighted by atomic mass is 31.0. The van der Waals surface area contributed by atoms with Gasteiger partial charge in [-0.15, -0.1) is 0 Å². The fourth-order valence-electron chi connectivity index (χ4n) is 1.83. The van der Waals surface area contributed by atoms with Crippen LogP contribution in [-0.4, -0.2) is 27.7 Å². The minimum absolute atomic E-state index is 0.112. The van der Waals surface area contributed by atoms with E-state index in [9.17, 15) is 9.18 Å². The molecule has 0 bridgehead atoms. The van der Waals surface area contributed by atoms with Gasteiger partial charge in [0.1, 0.15) is 5.65 Å². The summed E-state index contributed by atoms with van der Waals surface area (Å²) >= 11 is 0. The number of hydrogen-bond acceptors (Lipinski definition) is 3. The number of halogens is 1. The van der Waals surface area contributed by atoms with E-state index in [1.165, 1.54) is 24.4 Å². The number of alkyl halides is 1. The third kappa shape index (κ3) is 3.95. The van der Waals surface area contributed by atoms with Crippen molar-refractivity contribution in [1.29, 1.82) is 0 Å². The van der Waals surface area contributed by atoms with Gasteiger partial charge < -0.3 is 9.88 Å². The lowest BCUT2D eigenvalue weighted by molar-refractivity contribution is 0.0969. The van der Waals surface area contributed by atoms with Crippen LogP contribution < -0.4 is 5.32 Å². The monoisotopic (exact) mass is 306 g/mol. The fourth-order valence-corrected chi connectivity index (χ4v) is 2.02. The average Bonchev–Trinajstić information content (AvgIpc) is 2.84. The SMILES string of the molecule is Cn1ccc2cc(C(=O)N/C=C/CC(F)/N=C/P)cnc21. The predicted molar refractivity (Wildman–Crippen MR) is 85.0 cm³/mol. The van der Waals surface area contributed by atoms with Crippen LogP contribution in [0.4, 0.5) is 4.39 Å². The molecule has 2 heterocycles. The molecule has 0 saturated carbocycles. The largest absolute Gasteiger partial charge is 0.336 e. The van der Waals surface area contributed by atoms with Gasteiger partial charge in [0.25, 0.3) is 5.91 Å². The van der Waals surface area contributed by atoms with E-state index in [2.05, 4.69) is 24.5 Å². The van der Waals surface area contributed by atoms with Crippen molar-refractivity contribution in [3.63, 3.8) is 0 Å². The number of nitrogens with one attached hydrogen (secondary N) is 1. The second-order valence-electron chi connectivity index (χ2n) is 4.41. The van der Waals surface area contributed by atoms with Gasteiger partial charge in [0.2, 0.25) is 0 Å². The summed E-state index contributed by atoms with van der Waals surface area (Å²) < 4.78 is 14.9. The van der Waals surface area contributed by atoms with Gasteiger partial charge in [-0.05, 0) is 12.1 Å². The van der Waals surface area contributed by atoms with Crippen LogP contribution in [0.25, 0.3) is 11.0 Å². The molecule has 2 unspecified atom stereocenters. The van der Waals surface area contributed by atoms with E-state index >= 15 is 0 Å². The Kier molecular flexibility index (Phi) is 5.17. The van der Waals surface area contributed by atoms with Gasteiger partial charge in [0, 0.05) is 43.4 Å². The number of nitrogens with zero attached hydrogens (tertiary/aromatic N) is 3. The highest BCUT2D eigenvalue weighted by molar-refractivity contribution is 7.36. The number of aryl methyl sites for hydroxylation is 1. The maximum absolute atomic E-state index is 13.0. The van der Waals surface area contributed by atoms with E-state index in [0.29, 0.717) is 5.56 Å². The van der Waals surface area contributed by atoms with Crippen LogP contribution in [0.2, 0.25) is 0 Å². The molecule has 2 aromatic heterocycles. The summed E-state index contributed by atoms with van der Waals surface area (Å²) in [6.07, 6.45) is 5.16. The number of rotatable bonds is 5. The number of fused-ring (bicyclic) bond motifs is 1. The maximum atomic E-state index is 13.0. The predicted octanol–water partition coefficient (Wildman–Crippen LogP) is 2.41. The minimum Gasteiger partial charge on any atom is -0.336 e. The van der Waals surface area contributed by atoms with Gasteiger partial charge in [0.15, 0.2) is 6.30 Å². The van der Waals surface area contributed by atoms with Crippen molar-refractivity contribution >= 4 is 32.1 Å². The zero-order chi connectivity index (χ0) is 15.2. The molecular weight excluding hydrogens is 290 g/mol. The van der Waals surface area contributed by atoms with Crippen LogP contribution >= 0.6 is 9.24 Å². The van der Waals surface area contributed by atoms with E-state index in [-0.39, 0.29) is 12.3 Å². The summed E-state index contributed by atoms with van der Waals surface area (Å²) in [6.45, 7) is 0. The Hall–Kier alpha value is -2.07. The molecule has 5 nitrogen and oxygen atoms in total. The van der Waals surface area contributed by atoms with E-state index in [4.69, 9.17) is 0 Å². The van der Waals surface area contributed by atoms with Crippen molar-refractivity contribution in [2.45, 2.75) is 12.7 Å². The second-order valence-corrected chi connectivity index (χ2v) is 4.71. The smallest absolute Gasteiger partial charge is 0.256 e.